The summed E-state index contributed by atoms with van der Waals surface area (Å²) in [5.74, 6) is -0.813. The molecule has 2 aliphatic carbocycles. The number of hydrogen-bond acceptors (Lipinski definition) is 2. The van der Waals surface area contributed by atoms with E-state index in [4.69, 9.17) is 0 Å². The molecule has 33 heavy (non-hydrogen) atoms. The summed E-state index contributed by atoms with van der Waals surface area (Å²) in [6, 6.07) is 2.17. The Balaban J connectivity index is 0.000000383. The zero-order valence-corrected chi connectivity index (χ0v) is 20.6. The van der Waals surface area contributed by atoms with Gasteiger partial charge in [-0.25, -0.2) is 9.07 Å². The number of rotatable bonds is 4. The first-order chi connectivity index (χ1) is 15.3. The molecule has 8 heteroatoms. The number of alkyl halides is 3. The van der Waals surface area contributed by atoms with Crippen LogP contribution in [0.15, 0.2) is 23.0 Å². The van der Waals surface area contributed by atoms with Crippen LogP contribution >= 0.6 is 0 Å². The third-order valence-corrected chi connectivity index (χ3v) is 8.24. The molecular weight excluding hydrogens is 434 g/mol. The average molecular weight is 470 g/mol. The summed E-state index contributed by atoms with van der Waals surface area (Å²) in [6.45, 7) is 16.5. The number of halogens is 4. The summed E-state index contributed by atoms with van der Waals surface area (Å²) in [5, 5.41) is 0. The highest BCUT2D eigenvalue weighted by atomic mass is 19.4. The maximum absolute atomic E-state index is 14.4. The average Bonchev–Trinajstić information content (AvgIpc) is 3.21. The second kappa shape index (κ2) is 8.60. The van der Waals surface area contributed by atoms with Crippen LogP contribution in [0, 0.1) is 11.2 Å². The molecule has 1 saturated carbocycles. The standard InChI is InChI=1S/C19H20F4N2O.C6H15N/c1-17(2)11-7-8-18(17,3)15-14(11)16(26)25(24(15)4)13-9-10(19(21,22)23)5-6-12(13)20;1-4-7(5-2)6-3/h5-6,9,11H,7-8H2,1-4H3;4-6H2,1-3H3/t11-,18+;/m1./s1. The van der Waals surface area contributed by atoms with Gasteiger partial charge < -0.3 is 4.90 Å². The van der Waals surface area contributed by atoms with Crippen LogP contribution < -0.4 is 5.56 Å². The van der Waals surface area contributed by atoms with Gasteiger partial charge >= 0.3 is 6.18 Å². The fourth-order valence-corrected chi connectivity index (χ4v) is 5.82. The van der Waals surface area contributed by atoms with Crippen LogP contribution in [0.5, 0.6) is 0 Å². The maximum Gasteiger partial charge on any atom is 0.416 e. The zero-order chi connectivity index (χ0) is 24.9. The Kier molecular flexibility index (Phi) is 6.65. The molecule has 0 spiro atoms. The van der Waals surface area contributed by atoms with Gasteiger partial charge in [0.05, 0.1) is 11.3 Å². The number of hydrogen-bond donors (Lipinski definition) is 0. The molecular formula is C25H35F4N3O. The molecule has 2 bridgehead atoms. The highest BCUT2D eigenvalue weighted by molar-refractivity contribution is 5.48. The SMILES string of the molecule is CCN(CC)CC.Cn1c2c(c(=O)n1-c1cc(C(F)(F)F)ccc1F)[C@H]1CC[C@]2(C)C1(C)C. The van der Waals surface area contributed by atoms with E-state index in [1.54, 1.807) is 11.7 Å². The Morgan fingerprint density at radius 1 is 1.09 bits per heavy atom. The largest absolute Gasteiger partial charge is 0.416 e. The van der Waals surface area contributed by atoms with Crippen LogP contribution in [0.2, 0.25) is 0 Å². The Morgan fingerprint density at radius 3 is 2.12 bits per heavy atom. The van der Waals surface area contributed by atoms with E-state index in [-0.39, 0.29) is 22.4 Å². The van der Waals surface area contributed by atoms with Crippen LogP contribution in [-0.2, 0) is 18.6 Å². The summed E-state index contributed by atoms with van der Waals surface area (Å²) in [4.78, 5) is 15.5. The van der Waals surface area contributed by atoms with Gasteiger partial charge in [0.25, 0.3) is 5.56 Å². The van der Waals surface area contributed by atoms with Crippen LogP contribution in [0.25, 0.3) is 5.69 Å². The molecule has 0 radical (unpaired) electrons. The molecule has 184 valence electrons. The van der Waals surface area contributed by atoms with Crippen molar-refractivity contribution in [2.75, 3.05) is 19.6 Å². The van der Waals surface area contributed by atoms with Gasteiger partial charge in [-0.05, 0) is 62.0 Å². The molecule has 4 rings (SSSR count). The van der Waals surface area contributed by atoms with Gasteiger partial charge in [-0.3, -0.25) is 9.48 Å². The van der Waals surface area contributed by atoms with Crippen molar-refractivity contribution in [3.63, 3.8) is 0 Å². The van der Waals surface area contributed by atoms with Crippen LogP contribution in [-0.4, -0.2) is 33.9 Å². The summed E-state index contributed by atoms with van der Waals surface area (Å²) in [5.41, 5.74) is -0.672. The molecule has 0 N–H and O–H groups in total. The van der Waals surface area contributed by atoms with Crippen LogP contribution in [0.4, 0.5) is 17.6 Å². The molecule has 0 amide bonds. The molecule has 0 aliphatic heterocycles. The third kappa shape index (κ3) is 3.84. The Morgan fingerprint density at radius 2 is 1.67 bits per heavy atom. The van der Waals surface area contributed by atoms with Gasteiger partial charge in [0.15, 0.2) is 0 Å². The molecule has 4 nitrogen and oxygen atoms in total. The van der Waals surface area contributed by atoms with Gasteiger partial charge in [0, 0.05) is 18.0 Å². The first-order valence-electron chi connectivity index (χ1n) is 11.7. The van der Waals surface area contributed by atoms with Crippen LogP contribution in [0.1, 0.15) is 77.1 Å². The first kappa shape index (κ1) is 25.5. The van der Waals surface area contributed by atoms with Crippen molar-refractivity contribution in [2.45, 2.75) is 71.9 Å². The molecule has 2 aliphatic rings. The lowest BCUT2D eigenvalue weighted by Crippen LogP contribution is -2.35. The van der Waals surface area contributed by atoms with Crippen molar-refractivity contribution >= 4 is 0 Å². The summed E-state index contributed by atoms with van der Waals surface area (Å²) in [6.07, 6.45) is -2.84. The second-order valence-corrected chi connectivity index (χ2v) is 9.83. The summed E-state index contributed by atoms with van der Waals surface area (Å²) >= 11 is 0. The van der Waals surface area contributed by atoms with Crippen molar-refractivity contribution in [1.29, 1.82) is 0 Å². The fourth-order valence-electron chi connectivity index (χ4n) is 5.82. The highest BCUT2D eigenvalue weighted by Gasteiger charge is 2.62. The molecule has 2 aromatic rings. The lowest BCUT2D eigenvalue weighted by molar-refractivity contribution is -0.137. The molecule has 0 saturated heterocycles. The van der Waals surface area contributed by atoms with Crippen molar-refractivity contribution in [2.24, 2.45) is 12.5 Å². The van der Waals surface area contributed by atoms with Gasteiger partial charge in [0.1, 0.15) is 11.5 Å². The molecule has 0 unspecified atom stereocenters. The van der Waals surface area contributed by atoms with E-state index in [0.717, 1.165) is 29.3 Å². The fraction of sp³-hybridized carbons (Fsp3) is 0.640. The summed E-state index contributed by atoms with van der Waals surface area (Å²) < 4.78 is 56.2. The molecule has 1 heterocycles. The summed E-state index contributed by atoms with van der Waals surface area (Å²) in [7, 11) is 1.63. The first-order valence-corrected chi connectivity index (χ1v) is 11.7. The van der Waals surface area contributed by atoms with Crippen molar-refractivity contribution in [3.05, 3.63) is 51.2 Å². The number of fused-ring (bicyclic) bond motifs is 5. The predicted molar refractivity (Wildman–Crippen MR) is 123 cm³/mol. The normalized spacial score (nSPS) is 23.0. The topological polar surface area (TPSA) is 30.2 Å². The van der Waals surface area contributed by atoms with Gasteiger partial charge in [-0.2, -0.15) is 13.2 Å². The molecule has 2 atom stereocenters. The van der Waals surface area contributed by atoms with Gasteiger partial charge in [-0.1, -0.05) is 41.5 Å². The van der Waals surface area contributed by atoms with E-state index in [2.05, 4.69) is 46.4 Å². The quantitative estimate of drug-likeness (QED) is 0.526. The van der Waals surface area contributed by atoms with Crippen molar-refractivity contribution in [1.82, 2.24) is 14.3 Å². The zero-order valence-electron chi connectivity index (χ0n) is 20.6. The van der Waals surface area contributed by atoms with E-state index in [0.29, 0.717) is 17.7 Å². The van der Waals surface area contributed by atoms with Gasteiger partial charge in [-0.15, -0.1) is 0 Å². The lowest BCUT2D eigenvalue weighted by atomic mass is 9.70. The maximum atomic E-state index is 14.4. The number of aromatic nitrogens is 2. The van der Waals surface area contributed by atoms with Gasteiger partial charge in [0.2, 0.25) is 0 Å². The minimum absolute atomic E-state index is 0.0382. The van der Waals surface area contributed by atoms with E-state index in [1.807, 2.05) is 0 Å². The Bertz CT molecular complexity index is 1070. The predicted octanol–water partition coefficient (Wildman–Crippen LogP) is 5.86. The Labute approximate surface area is 193 Å². The van der Waals surface area contributed by atoms with Crippen molar-refractivity contribution < 1.29 is 17.6 Å². The Hall–Kier alpha value is -2.09. The second-order valence-electron chi connectivity index (χ2n) is 9.83. The van der Waals surface area contributed by atoms with Crippen molar-refractivity contribution in [3.8, 4) is 5.69 Å². The minimum atomic E-state index is -4.60. The lowest BCUT2D eigenvalue weighted by Gasteiger charge is -2.36. The van der Waals surface area contributed by atoms with E-state index >= 15 is 0 Å². The smallest absolute Gasteiger partial charge is 0.304 e. The minimum Gasteiger partial charge on any atom is -0.304 e. The molecule has 1 aromatic heterocycles. The van der Waals surface area contributed by atoms with Crippen LogP contribution in [0.3, 0.4) is 0 Å². The molecule has 1 fully saturated rings. The molecule has 1 aromatic carbocycles. The highest BCUT2D eigenvalue weighted by Crippen LogP contribution is 2.66. The number of benzene rings is 1. The third-order valence-electron chi connectivity index (χ3n) is 8.24. The monoisotopic (exact) mass is 469 g/mol. The number of nitrogens with zero attached hydrogens (tertiary/aromatic N) is 3. The van der Waals surface area contributed by atoms with E-state index in [9.17, 15) is 22.4 Å². The van der Waals surface area contributed by atoms with E-state index < -0.39 is 23.1 Å². The van der Waals surface area contributed by atoms with E-state index in [1.165, 1.54) is 19.6 Å².